The van der Waals surface area contributed by atoms with Crippen LogP contribution in [0.5, 0.6) is 0 Å². The smallest absolute Gasteiger partial charge is 0.307 e. The molecule has 64 heavy (non-hydrogen) atoms. The summed E-state index contributed by atoms with van der Waals surface area (Å²) in [6.07, 6.45) is 12.7. The third kappa shape index (κ3) is 12.7. The molecule has 4 aromatic heterocycles. The fraction of sp³-hybridized carbons (Fsp3) is 0.349. The summed E-state index contributed by atoms with van der Waals surface area (Å²) in [6, 6.07) is 13.0. The fourth-order valence-electron chi connectivity index (χ4n) is 6.64. The first-order chi connectivity index (χ1) is 29.8. The molecule has 21 heteroatoms. The minimum Gasteiger partial charge on any atom is -0.481 e. The molecular formula is C43H50F2N10O7S2. The molecule has 0 saturated heterocycles. The summed E-state index contributed by atoms with van der Waals surface area (Å²) in [5.74, 6) is -2.50. The number of halogens is 2. The van der Waals surface area contributed by atoms with Gasteiger partial charge in [0.25, 0.3) is 20.3 Å². The predicted molar refractivity (Wildman–Crippen MR) is 233 cm³/mol. The molecule has 2 aliphatic carbocycles. The van der Waals surface area contributed by atoms with E-state index in [-0.39, 0.29) is 49.1 Å². The van der Waals surface area contributed by atoms with Gasteiger partial charge in [0.1, 0.15) is 24.3 Å². The van der Waals surface area contributed by atoms with Crippen molar-refractivity contribution >= 4 is 31.9 Å². The lowest BCUT2D eigenvalue weighted by Gasteiger charge is -2.18. The van der Waals surface area contributed by atoms with E-state index in [1.54, 1.807) is 53.7 Å². The molecule has 0 radical (unpaired) electrons. The minimum absolute atomic E-state index is 0. The second kappa shape index (κ2) is 20.5. The number of nitrogens with one attached hydrogen (secondary N) is 1. The molecule has 6 aromatic rings. The Morgan fingerprint density at radius 1 is 0.750 bits per heavy atom. The Kier molecular flexibility index (Phi) is 15.6. The second-order valence-electron chi connectivity index (χ2n) is 15.6. The van der Waals surface area contributed by atoms with Crippen LogP contribution in [0.25, 0.3) is 22.3 Å². The number of carboxylic acids is 1. The van der Waals surface area contributed by atoms with Gasteiger partial charge >= 0.3 is 16.0 Å². The van der Waals surface area contributed by atoms with Crippen LogP contribution in [0.2, 0.25) is 0 Å². The van der Waals surface area contributed by atoms with Gasteiger partial charge in [0.15, 0.2) is 0 Å². The van der Waals surface area contributed by atoms with Crippen molar-refractivity contribution in [3.05, 3.63) is 120 Å². The molecule has 17 nitrogen and oxygen atoms in total. The summed E-state index contributed by atoms with van der Waals surface area (Å²) < 4.78 is 79.8. The van der Waals surface area contributed by atoms with E-state index in [9.17, 15) is 35.2 Å². The summed E-state index contributed by atoms with van der Waals surface area (Å²) >= 11 is 0. The molecule has 0 spiro atoms. The molecule has 0 unspecified atom stereocenters. The van der Waals surface area contributed by atoms with Crippen LogP contribution in [0, 0.1) is 11.6 Å². The Morgan fingerprint density at radius 3 is 1.56 bits per heavy atom. The summed E-state index contributed by atoms with van der Waals surface area (Å²) in [4.78, 5) is 39.3. The van der Waals surface area contributed by atoms with Crippen LogP contribution in [-0.4, -0.2) is 73.3 Å². The minimum atomic E-state index is -4.21. The number of primary sulfonamides is 1. The number of hydrogen-bond donors (Lipinski definition) is 3. The standard InChI is InChI=1S/C21H22FN5O3S.C16H16FNO2.C5H8N4O2S.CH4/c1-13(2)17-8-15(22)9-18(14-4-3-7-23-11-14)19(17)10-20(28)26-31(29,30)21-24-12-27(25-21)16-5-6-16;1-10(2)13-6-12(17)7-14(15(13)8-16(19)20)11-4-3-5-18-9-11;6-12(10,11)5-7-3-9(8-5)4-1-2-4;/h3-4,7-9,11-13,16H,5-6,10H2,1-2H3,(H,26,28);3-7,9-10H,8H2,1-2H3,(H,19,20);3-4H,1-2H2,(H2,6,10,11);1H4. The number of carboxylic acid groups (broad SMARTS) is 1. The highest BCUT2D eigenvalue weighted by molar-refractivity contribution is 7.90. The van der Waals surface area contributed by atoms with Gasteiger partial charge in [0.05, 0.1) is 24.9 Å². The maximum absolute atomic E-state index is 14.3. The number of carbonyl (C=O) groups excluding carboxylic acids is 1. The SMILES string of the molecule is C.CC(C)c1cc(F)cc(-c2cccnc2)c1CC(=O)NS(=O)(=O)c1ncn(C2CC2)n1.CC(C)c1cc(F)cc(-c2cccnc2)c1CC(=O)O.NS(=O)(=O)c1ncn(C2CC2)n1. The number of pyridine rings is 2. The van der Waals surface area contributed by atoms with Crippen LogP contribution >= 0.6 is 0 Å². The Hall–Kier alpha value is -6.32. The van der Waals surface area contributed by atoms with Gasteiger partial charge in [0, 0.05) is 35.9 Å². The summed E-state index contributed by atoms with van der Waals surface area (Å²) in [5.41, 5.74) is 5.03. The zero-order valence-electron chi connectivity index (χ0n) is 34.8. The van der Waals surface area contributed by atoms with Crippen LogP contribution in [0.4, 0.5) is 8.78 Å². The number of carbonyl (C=O) groups is 2. The third-order valence-electron chi connectivity index (χ3n) is 9.91. The molecule has 2 saturated carbocycles. The number of amides is 1. The lowest BCUT2D eigenvalue weighted by Crippen LogP contribution is -2.33. The molecule has 0 atom stereocenters. The van der Waals surface area contributed by atoms with Crippen LogP contribution in [0.1, 0.15) is 107 Å². The van der Waals surface area contributed by atoms with E-state index < -0.39 is 42.9 Å². The summed E-state index contributed by atoms with van der Waals surface area (Å²) in [5, 5.41) is 20.9. The van der Waals surface area contributed by atoms with Gasteiger partial charge in [-0.3, -0.25) is 19.6 Å². The van der Waals surface area contributed by atoms with E-state index >= 15 is 0 Å². The van der Waals surface area contributed by atoms with Gasteiger partial charge in [-0.15, -0.1) is 10.2 Å². The monoisotopic (exact) mass is 920 g/mol. The molecule has 8 rings (SSSR count). The highest BCUT2D eigenvalue weighted by Crippen LogP contribution is 2.35. The average molecular weight is 921 g/mol. The van der Waals surface area contributed by atoms with E-state index in [1.807, 2.05) is 32.4 Å². The van der Waals surface area contributed by atoms with Gasteiger partial charge in [-0.1, -0.05) is 47.3 Å². The number of aliphatic carboxylic acids is 1. The van der Waals surface area contributed by atoms with Crippen molar-refractivity contribution in [2.45, 2.75) is 108 Å². The Balaban J connectivity index is 0.000000199. The molecule has 4 N–H and O–H groups in total. The van der Waals surface area contributed by atoms with E-state index in [0.717, 1.165) is 36.8 Å². The highest BCUT2D eigenvalue weighted by atomic mass is 32.2. The number of rotatable bonds is 13. The van der Waals surface area contributed by atoms with Gasteiger partial charge in [-0.2, -0.15) is 8.42 Å². The van der Waals surface area contributed by atoms with Crippen LogP contribution < -0.4 is 9.86 Å². The van der Waals surface area contributed by atoms with Crippen LogP contribution in [0.3, 0.4) is 0 Å². The summed E-state index contributed by atoms with van der Waals surface area (Å²) in [7, 11) is -7.94. The molecule has 0 aliphatic heterocycles. The van der Waals surface area contributed by atoms with Gasteiger partial charge in [-0.25, -0.2) is 46.4 Å². The molecule has 0 bridgehead atoms. The largest absolute Gasteiger partial charge is 0.481 e. The lowest BCUT2D eigenvalue weighted by molar-refractivity contribution is -0.136. The normalized spacial score (nSPS) is 13.6. The zero-order chi connectivity index (χ0) is 45.6. The van der Waals surface area contributed by atoms with Crippen LogP contribution in [0.15, 0.2) is 96.3 Å². The van der Waals surface area contributed by atoms with Crippen molar-refractivity contribution in [2.24, 2.45) is 5.14 Å². The lowest BCUT2D eigenvalue weighted by atomic mass is 9.88. The van der Waals surface area contributed by atoms with E-state index in [2.05, 4.69) is 30.1 Å². The Morgan fingerprint density at radius 2 is 1.19 bits per heavy atom. The van der Waals surface area contributed by atoms with Crippen molar-refractivity contribution in [1.82, 2.24) is 44.2 Å². The molecule has 1 amide bonds. The van der Waals surface area contributed by atoms with Gasteiger partial charge < -0.3 is 5.11 Å². The van der Waals surface area contributed by atoms with Crippen molar-refractivity contribution in [2.75, 3.05) is 0 Å². The number of sulfonamides is 2. The number of nitrogens with two attached hydrogens (primary N) is 1. The number of benzene rings is 2. The topological polar surface area (TPSA) is 248 Å². The van der Waals surface area contributed by atoms with E-state index in [1.165, 1.54) is 41.6 Å². The Labute approximate surface area is 370 Å². The van der Waals surface area contributed by atoms with Crippen LogP contribution in [-0.2, 0) is 42.5 Å². The molecule has 340 valence electrons. The summed E-state index contributed by atoms with van der Waals surface area (Å²) in [6.45, 7) is 7.61. The quantitative estimate of drug-likeness (QED) is 0.112. The molecule has 2 fully saturated rings. The predicted octanol–water partition coefficient (Wildman–Crippen LogP) is 6.52. The van der Waals surface area contributed by atoms with E-state index in [0.29, 0.717) is 39.4 Å². The molecule has 2 aromatic carbocycles. The zero-order valence-corrected chi connectivity index (χ0v) is 36.4. The fourth-order valence-corrected chi connectivity index (χ4v) is 7.90. The van der Waals surface area contributed by atoms with Crippen molar-refractivity contribution in [3.8, 4) is 22.3 Å². The third-order valence-corrected chi connectivity index (χ3v) is 11.8. The number of nitrogens with zero attached hydrogens (tertiary/aromatic N) is 8. The first-order valence-electron chi connectivity index (χ1n) is 19.9. The molecule has 2 aliphatic rings. The molecular weight excluding hydrogens is 871 g/mol. The number of hydrogen-bond acceptors (Lipinski definition) is 12. The van der Waals surface area contributed by atoms with Crippen molar-refractivity contribution in [3.63, 3.8) is 0 Å². The Bertz CT molecular complexity index is 2810. The maximum atomic E-state index is 14.3. The van der Waals surface area contributed by atoms with Gasteiger partial charge in [-0.05, 0) is 107 Å². The maximum Gasteiger partial charge on any atom is 0.307 e. The second-order valence-corrected chi connectivity index (χ2v) is 18.7. The number of aromatic nitrogens is 8. The van der Waals surface area contributed by atoms with Crippen molar-refractivity contribution < 1.29 is 40.3 Å². The first kappa shape index (κ1) is 48.7. The molecule has 4 heterocycles. The average Bonchev–Trinajstić information content (AvgIpc) is 4.16. The van der Waals surface area contributed by atoms with Crippen molar-refractivity contribution in [1.29, 1.82) is 0 Å². The van der Waals surface area contributed by atoms with Gasteiger partial charge in [0.2, 0.25) is 5.91 Å². The first-order valence-corrected chi connectivity index (χ1v) is 22.9. The van der Waals surface area contributed by atoms with E-state index in [4.69, 9.17) is 10.2 Å². The highest BCUT2D eigenvalue weighted by Gasteiger charge is 2.30.